The topological polar surface area (TPSA) is 0 Å². The average molecular weight is 515 g/mol. The highest BCUT2D eigenvalue weighted by atomic mass is 14.3. The van der Waals surface area contributed by atoms with Crippen LogP contribution in [-0.2, 0) is 6.42 Å². The molecule has 194 valence electrons. The second kappa shape index (κ2) is 10.6. The summed E-state index contributed by atoms with van der Waals surface area (Å²) in [4.78, 5) is 0. The molecule has 0 saturated carbocycles. The molecule has 0 spiro atoms. The summed E-state index contributed by atoms with van der Waals surface area (Å²) in [6.45, 7) is 2.27. The van der Waals surface area contributed by atoms with Crippen molar-refractivity contribution in [1.82, 2.24) is 0 Å². The van der Waals surface area contributed by atoms with Crippen molar-refractivity contribution in [2.45, 2.75) is 39.0 Å². The summed E-state index contributed by atoms with van der Waals surface area (Å²) in [5.41, 5.74) is 14.6. The van der Waals surface area contributed by atoms with Gasteiger partial charge >= 0.3 is 0 Å². The summed E-state index contributed by atoms with van der Waals surface area (Å²) in [6, 6.07) is 47.2. The van der Waals surface area contributed by atoms with E-state index in [-0.39, 0.29) is 0 Å². The van der Waals surface area contributed by atoms with Crippen LogP contribution < -0.4 is 0 Å². The molecule has 0 nitrogen and oxygen atoms in total. The molecule has 1 aliphatic rings. The third kappa shape index (κ3) is 4.25. The minimum Gasteiger partial charge on any atom is -0.0654 e. The van der Waals surface area contributed by atoms with E-state index in [0.29, 0.717) is 0 Å². The number of unbranched alkanes of at least 4 members (excludes halogenated alkanes) is 3. The first-order valence-corrected chi connectivity index (χ1v) is 14.8. The fourth-order valence-corrected chi connectivity index (χ4v) is 6.56. The van der Waals surface area contributed by atoms with Crippen LogP contribution in [0.4, 0.5) is 0 Å². The predicted molar refractivity (Wildman–Crippen MR) is 173 cm³/mol. The number of rotatable bonds is 8. The van der Waals surface area contributed by atoms with Gasteiger partial charge in [-0.05, 0) is 84.8 Å². The highest BCUT2D eigenvalue weighted by Gasteiger charge is 2.28. The molecule has 0 amide bonds. The Morgan fingerprint density at radius 2 is 0.950 bits per heavy atom. The maximum atomic E-state index is 2.37. The van der Waals surface area contributed by atoms with Gasteiger partial charge in [0.2, 0.25) is 0 Å². The van der Waals surface area contributed by atoms with E-state index in [9.17, 15) is 0 Å². The fraction of sp³-hybridized carbons (Fsp3) is 0.150. The van der Waals surface area contributed by atoms with Crippen LogP contribution in [-0.4, -0.2) is 0 Å². The van der Waals surface area contributed by atoms with Gasteiger partial charge in [-0.1, -0.05) is 154 Å². The van der Waals surface area contributed by atoms with Gasteiger partial charge in [0.05, 0.1) is 0 Å². The SMILES string of the molecule is CCCCCCc1ccc(-c2ccc3c4c(cccc24)-c2c(-c4ccccc4)ccc(-c4ccccc4)c2-3)cc1. The highest BCUT2D eigenvalue weighted by Crippen LogP contribution is 2.55. The van der Waals surface area contributed by atoms with Gasteiger partial charge in [-0.3, -0.25) is 0 Å². The molecule has 0 aromatic heterocycles. The van der Waals surface area contributed by atoms with Crippen molar-refractivity contribution in [2.75, 3.05) is 0 Å². The summed E-state index contributed by atoms with van der Waals surface area (Å²) >= 11 is 0. The van der Waals surface area contributed by atoms with E-state index in [1.165, 1.54) is 104 Å². The third-order valence-electron chi connectivity index (χ3n) is 8.54. The van der Waals surface area contributed by atoms with Crippen molar-refractivity contribution in [3.8, 4) is 55.6 Å². The van der Waals surface area contributed by atoms with Gasteiger partial charge in [0.1, 0.15) is 0 Å². The molecular weight excluding hydrogens is 480 g/mol. The maximum Gasteiger partial charge on any atom is -0.00139 e. The zero-order chi connectivity index (χ0) is 26.9. The highest BCUT2D eigenvalue weighted by molar-refractivity contribution is 6.23. The molecule has 0 saturated heterocycles. The van der Waals surface area contributed by atoms with Gasteiger partial charge in [0, 0.05) is 0 Å². The van der Waals surface area contributed by atoms with Crippen LogP contribution in [0.2, 0.25) is 0 Å². The number of aryl methyl sites for hydroxylation is 1. The van der Waals surface area contributed by atoms with E-state index < -0.39 is 0 Å². The minimum absolute atomic E-state index is 1.17. The van der Waals surface area contributed by atoms with Crippen LogP contribution in [0.25, 0.3) is 66.4 Å². The van der Waals surface area contributed by atoms with Crippen LogP contribution in [0.1, 0.15) is 38.2 Å². The first-order valence-electron chi connectivity index (χ1n) is 14.8. The van der Waals surface area contributed by atoms with Crippen LogP contribution in [0, 0.1) is 0 Å². The lowest BCUT2D eigenvalue weighted by molar-refractivity contribution is 0.667. The Kier molecular flexibility index (Phi) is 6.54. The fourth-order valence-electron chi connectivity index (χ4n) is 6.56. The molecule has 1 aliphatic carbocycles. The normalized spacial score (nSPS) is 11.6. The Hall–Kier alpha value is -4.42. The van der Waals surface area contributed by atoms with Crippen molar-refractivity contribution in [1.29, 1.82) is 0 Å². The molecule has 6 aromatic carbocycles. The lowest BCUT2D eigenvalue weighted by Crippen LogP contribution is -1.89. The van der Waals surface area contributed by atoms with Gasteiger partial charge in [0.25, 0.3) is 0 Å². The van der Waals surface area contributed by atoms with Gasteiger partial charge < -0.3 is 0 Å². The van der Waals surface area contributed by atoms with Gasteiger partial charge in [-0.2, -0.15) is 0 Å². The molecular formula is C40H34. The number of fused-ring (bicyclic) bond motifs is 3. The monoisotopic (exact) mass is 514 g/mol. The van der Waals surface area contributed by atoms with E-state index in [4.69, 9.17) is 0 Å². The Morgan fingerprint density at radius 1 is 0.400 bits per heavy atom. The lowest BCUT2D eigenvalue weighted by atomic mass is 9.88. The third-order valence-corrected chi connectivity index (χ3v) is 8.54. The van der Waals surface area contributed by atoms with Crippen molar-refractivity contribution < 1.29 is 0 Å². The maximum absolute atomic E-state index is 2.37. The first kappa shape index (κ1) is 24.6. The summed E-state index contributed by atoms with van der Waals surface area (Å²) in [7, 11) is 0. The number of hydrogen-bond donors (Lipinski definition) is 0. The van der Waals surface area contributed by atoms with E-state index in [2.05, 4.69) is 134 Å². The molecule has 7 rings (SSSR count). The van der Waals surface area contributed by atoms with E-state index in [1.807, 2.05) is 0 Å². The van der Waals surface area contributed by atoms with Gasteiger partial charge in [-0.25, -0.2) is 0 Å². The zero-order valence-electron chi connectivity index (χ0n) is 23.2. The van der Waals surface area contributed by atoms with Gasteiger partial charge in [-0.15, -0.1) is 0 Å². The zero-order valence-corrected chi connectivity index (χ0v) is 23.2. The second-order valence-electron chi connectivity index (χ2n) is 11.0. The van der Waals surface area contributed by atoms with E-state index in [1.54, 1.807) is 0 Å². The predicted octanol–water partition coefficient (Wildman–Crippen LogP) is 11.6. The molecule has 0 aliphatic heterocycles. The van der Waals surface area contributed by atoms with Crippen molar-refractivity contribution in [3.05, 3.63) is 133 Å². The molecule has 0 heterocycles. The van der Waals surface area contributed by atoms with Crippen molar-refractivity contribution in [2.24, 2.45) is 0 Å². The lowest BCUT2D eigenvalue weighted by Gasteiger charge is -2.15. The summed E-state index contributed by atoms with van der Waals surface area (Å²) < 4.78 is 0. The molecule has 0 bridgehead atoms. The minimum atomic E-state index is 1.17. The Morgan fingerprint density at radius 3 is 1.57 bits per heavy atom. The first-order chi connectivity index (χ1) is 19.8. The standard InChI is InChI=1S/C40H34/c1-2-3-4-7-13-28-20-22-31(23-21-28)32-24-27-37-38-35(32)18-12-19-36(38)39-33(29-14-8-5-9-15-29)25-26-34(40(37)39)30-16-10-6-11-17-30/h5-6,8-12,14-27H,2-4,7,13H2,1H3. The molecule has 0 heteroatoms. The molecule has 0 atom stereocenters. The van der Waals surface area contributed by atoms with Crippen LogP contribution >= 0.6 is 0 Å². The summed E-state index contributed by atoms with van der Waals surface area (Å²) in [6.07, 6.45) is 6.39. The molecule has 0 N–H and O–H groups in total. The largest absolute Gasteiger partial charge is 0.0654 e. The van der Waals surface area contributed by atoms with Crippen molar-refractivity contribution >= 4 is 10.8 Å². The van der Waals surface area contributed by atoms with E-state index >= 15 is 0 Å². The summed E-state index contributed by atoms with van der Waals surface area (Å²) in [5.74, 6) is 0. The van der Waals surface area contributed by atoms with Crippen molar-refractivity contribution in [3.63, 3.8) is 0 Å². The Labute approximate surface area is 238 Å². The average Bonchev–Trinajstić information content (AvgIpc) is 3.36. The van der Waals surface area contributed by atoms with Gasteiger partial charge in [0.15, 0.2) is 0 Å². The molecule has 0 fully saturated rings. The molecule has 0 unspecified atom stereocenters. The van der Waals surface area contributed by atoms with Crippen LogP contribution in [0.5, 0.6) is 0 Å². The number of benzene rings is 6. The Balaban J connectivity index is 1.39. The van der Waals surface area contributed by atoms with Crippen LogP contribution in [0.3, 0.4) is 0 Å². The molecule has 40 heavy (non-hydrogen) atoms. The van der Waals surface area contributed by atoms with E-state index in [0.717, 1.165) is 0 Å². The summed E-state index contributed by atoms with van der Waals surface area (Å²) in [5, 5.41) is 2.71. The number of hydrogen-bond acceptors (Lipinski definition) is 0. The van der Waals surface area contributed by atoms with Crippen LogP contribution in [0.15, 0.2) is 127 Å². The molecule has 6 aromatic rings. The smallest absolute Gasteiger partial charge is 0.00139 e. The Bertz CT molecular complexity index is 1720. The second-order valence-corrected chi connectivity index (χ2v) is 11.0. The quantitative estimate of drug-likeness (QED) is 0.177. The molecule has 0 radical (unpaired) electrons.